The molecule has 0 radical (unpaired) electrons. The van der Waals surface area contributed by atoms with Crippen molar-refractivity contribution < 1.29 is 28.6 Å². The highest BCUT2D eigenvalue weighted by atomic mass is 32.1. The molecule has 0 aromatic heterocycles. The second-order valence-corrected chi connectivity index (χ2v) is 17.8. The van der Waals surface area contributed by atoms with Crippen molar-refractivity contribution in [3.8, 4) is 17.2 Å². The van der Waals surface area contributed by atoms with Gasteiger partial charge in [0.25, 0.3) is 11.8 Å². The lowest BCUT2D eigenvalue weighted by molar-refractivity contribution is -0.116. The molecular weight excluding hydrogens is 775 g/mol. The van der Waals surface area contributed by atoms with Crippen molar-refractivity contribution in [2.75, 3.05) is 34.1 Å². The third-order valence-corrected chi connectivity index (χ3v) is 11.8. The monoisotopic (exact) mass is 821 g/mol. The zero-order chi connectivity index (χ0) is 41.7. The number of hydrogen-bond donors (Lipinski definition) is 3. The van der Waals surface area contributed by atoms with Gasteiger partial charge in [0, 0.05) is 59.5 Å². The summed E-state index contributed by atoms with van der Waals surface area (Å²) in [6.07, 6.45) is 4.24. The predicted molar refractivity (Wildman–Crippen MR) is 238 cm³/mol. The van der Waals surface area contributed by atoms with Crippen LogP contribution in [0.15, 0.2) is 96.0 Å². The number of aryl methyl sites for hydroxylation is 1. The van der Waals surface area contributed by atoms with Crippen molar-refractivity contribution in [3.05, 3.63) is 130 Å². The minimum Gasteiger partial charge on any atom is -0.493 e. The maximum Gasteiger partial charge on any atom is 0.261 e. The lowest BCUT2D eigenvalue weighted by atomic mass is 10.1. The van der Waals surface area contributed by atoms with Crippen LogP contribution in [-0.2, 0) is 30.8 Å². The highest BCUT2D eigenvalue weighted by molar-refractivity contribution is 7.81. The first-order chi connectivity index (χ1) is 28.9. The number of hydrogen-bond acceptors (Lipinski definition) is 9. The van der Waals surface area contributed by atoms with Gasteiger partial charge in [-0.25, -0.2) is 0 Å². The summed E-state index contributed by atoms with van der Waals surface area (Å²) in [5, 5.41) is 6.58. The van der Waals surface area contributed by atoms with Gasteiger partial charge in [-0.2, -0.15) is 12.6 Å². The number of carbonyl (C=O) groups excluding carboxylic acids is 3. The molecule has 5 aromatic rings. The van der Waals surface area contributed by atoms with E-state index in [1.54, 1.807) is 24.1 Å². The fourth-order valence-corrected chi connectivity index (χ4v) is 8.69. The largest absolute Gasteiger partial charge is 0.493 e. The molecule has 4 heterocycles. The average molecular weight is 822 g/mol. The highest BCUT2D eigenvalue weighted by Crippen LogP contribution is 2.42. The van der Waals surface area contributed by atoms with E-state index in [4.69, 9.17) is 19.2 Å². The van der Waals surface area contributed by atoms with Crippen molar-refractivity contribution in [3.63, 3.8) is 0 Å². The minimum atomic E-state index is -0.292. The van der Waals surface area contributed by atoms with Crippen LogP contribution in [0.5, 0.6) is 17.2 Å². The summed E-state index contributed by atoms with van der Waals surface area (Å²) in [5.41, 5.74) is 9.46. The first kappa shape index (κ1) is 39.2. The maximum absolute atomic E-state index is 13.9. The van der Waals surface area contributed by atoms with Gasteiger partial charge in [0.05, 0.1) is 41.7 Å². The van der Waals surface area contributed by atoms with Crippen molar-refractivity contribution in [1.29, 1.82) is 0 Å². The molecule has 306 valence electrons. The van der Waals surface area contributed by atoms with E-state index < -0.39 is 0 Å². The van der Waals surface area contributed by atoms with Crippen LogP contribution in [-0.4, -0.2) is 54.4 Å². The van der Waals surface area contributed by atoms with E-state index in [-0.39, 0.29) is 47.8 Å². The van der Waals surface area contributed by atoms with Crippen molar-refractivity contribution in [2.24, 2.45) is 4.99 Å². The van der Waals surface area contributed by atoms with E-state index in [2.05, 4.69) is 29.3 Å². The second-order valence-electron chi connectivity index (χ2n) is 16.6. The molecule has 2 N–H and O–H groups in total. The van der Waals surface area contributed by atoms with Gasteiger partial charge >= 0.3 is 0 Å². The molecule has 0 saturated heterocycles. The number of nitrogens with zero attached hydrogens (tertiary/aromatic N) is 3. The quantitative estimate of drug-likeness (QED) is 0.114. The number of aliphatic imine (C=N–C) groups is 1. The van der Waals surface area contributed by atoms with E-state index in [1.165, 1.54) is 5.56 Å². The van der Waals surface area contributed by atoms with Crippen LogP contribution in [0.25, 0.3) is 0 Å². The number of ether oxygens (including phenoxy) is 3. The number of nitrogens with one attached hydrogen (secondary N) is 2. The number of carbonyl (C=O) groups is 3. The van der Waals surface area contributed by atoms with Gasteiger partial charge < -0.3 is 29.7 Å². The topological polar surface area (TPSA) is 122 Å². The number of benzene rings is 5. The number of rotatable bonds is 11. The zero-order valence-electron chi connectivity index (χ0n) is 34.1. The third kappa shape index (κ3) is 7.67. The number of thiol groups is 1. The van der Waals surface area contributed by atoms with Crippen molar-refractivity contribution in [2.45, 2.75) is 76.5 Å². The summed E-state index contributed by atoms with van der Waals surface area (Å²) >= 11 is 4.60. The number of amides is 3. The standard InChI is InChI=1S/C48H47N5O6S/c1-28-15-36-38(49-24-34-19-31-9-5-7-11-40(31)52(34)46(36)55)22-42(28)58-26-29-16-30(18-33(17-29)51-45(54)13-14-48(2,3)60)27-59-44-23-39-37(21-43(44)57-4)47(56)53-35(25-50-39)20-32-10-6-8-12-41(32)53/h5-12,15-18,21-23,25,34-35,49,60H,13-14,19-20,24,26-27H2,1-4H3,(H,51,54)/t34-,35-/m0/s1. The normalized spacial score (nSPS) is 17.3. The summed E-state index contributed by atoms with van der Waals surface area (Å²) in [7, 11) is 1.54. The molecule has 60 heavy (non-hydrogen) atoms. The number of methoxy groups -OCH3 is 1. The molecule has 12 heteroatoms. The minimum absolute atomic E-state index is 0.0235. The number of para-hydroxylation sites is 2. The molecule has 5 aromatic carbocycles. The van der Waals surface area contributed by atoms with Crippen LogP contribution < -0.4 is 34.6 Å². The molecule has 0 saturated carbocycles. The van der Waals surface area contributed by atoms with Crippen LogP contribution in [0.1, 0.15) is 75.2 Å². The van der Waals surface area contributed by atoms with E-state index >= 15 is 0 Å². The van der Waals surface area contributed by atoms with Gasteiger partial charge in [0.15, 0.2) is 11.5 Å². The molecule has 0 aliphatic carbocycles. The molecule has 3 amide bonds. The number of fused-ring (bicyclic) bond motifs is 8. The SMILES string of the molecule is COc1cc2c(cc1OCc1cc(COc3cc4c(cc3C)C(=O)N3c5ccccc5C[C@H]3CN4)cc(NC(=O)CCC(C)(C)S)c1)N=C[C@@H]1Cc3ccccc3N1C2=O. The summed E-state index contributed by atoms with van der Waals surface area (Å²) in [4.78, 5) is 49.5. The molecule has 0 bridgehead atoms. The Hall–Kier alpha value is -6.27. The van der Waals surface area contributed by atoms with E-state index in [0.29, 0.717) is 65.6 Å². The first-order valence-electron chi connectivity index (χ1n) is 20.3. The summed E-state index contributed by atoms with van der Waals surface area (Å²) in [6, 6.07) is 28.9. The van der Waals surface area contributed by atoms with Crippen molar-refractivity contribution in [1.82, 2.24) is 0 Å². The lowest BCUT2D eigenvalue weighted by Gasteiger charge is -2.22. The highest BCUT2D eigenvalue weighted by Gasteiger charge is 2.38. The Bertz CT molecular complexity index is 2580. The van der Waals surface area contributed by atoms with Crippen LogP contribution in [0, 0.1) is 6.92 Å². The second kappa shape index (κ2) is 15.7. The maximum atomic E-state index is 13.9. The van der Waals surface area contributed by atoms with Crippen molar-refractivity contribution >= 4 is 65.0 Å². The van der Waals surface area contributed by atoms with Crippen LogP contribution in [0.2, 0.25) is 0 Å². The van der Waals surface area contributed by atoms with E-state index in [0.717, 1.165) is 45.7 Å². The molecule has 0 unspecified atom stereocenters. The molecule has 0 spiro atoms. The smallest absolute Gasteiger partial charge is 0.261 e. The molecular formula is C48H47N5O6S. The Morgan fingerprint density at radius 3 is 2.22 bits per heavy atom. The van der Waals surface area contributed by atoms with Crippen LogP contribution in [0.3, 0.4) is 0 Å². The lowest BCUT2D eigenvalue weighted by Crippen LogP contribution is -2.39. The van der Waals surface area contributed by atoms with Gasteiger partial charge in [0.1, 0.15) is 19.0 Å². The Labute approximate surface area is 355 Å². The summed E-state index contributed by atoms with van der Waals surface area (Å²) < 4.78 is 18.3. The summed E-state index contributed by atoms with van der Waals surface area (Å²) in [5.74, 6) is 1.19. The first-order valence-corrected chi connectivity index (χ1v) is 20.8. The van der Waals surface area contributed by atoms with Gasteiger partial charge in [-0.15, -0.1) is 0 Å². The zero-order valence-corrected chi connectivity index (χ0v) is 35.0. The van der Waals surface area contributed by atoms with Gasteiger partial charge in [0.2, 0.25) is 5.91 Å². The number of anilines is 4. The van der Waals surface area contributed by atoms with Gasteiger partial charge in [-0.1, -0.05) is 50.2 Å². The molecule has 4 aliphatic heterocycles. The Morgan fingerprint density at radius 1 is 0.833 bits per heavy atom. The summed E-state index contributed by atoms with van der Waals surface area (Å²) in [6.45, 7) is 6.84. The third-order valence-electron chi connectivity index (χ3n) is 11.6. The predicted octanol–water partition coefficient (Wildman–Crippen LogP) is 8.87. The van der Waals surface area contributed by atoms with E-state index in [9.17, 15) is 14.4 Å². The Kier molecular flexibility index (Phi) is 10.3. The van der Waals surface area contributed by atoms with E-state index in [1.807, 2.05) is 105 Å². The Morgan fingerprint density at radius 2 is 1.50 bits per heavy atom. The van der Waals surface area contributed by atoms with Gasteiger partial charge in [-0.3, -0.25) is 24.3 Å². The molecule has 0 fully saturated rings. The fourth-order valence-electron chi connectivity index (χ4n) is 8.58. The molecule has 2 atom stereocenters. The average Bonchev–Trinajstić information content (AvgIpc) is 3.72. The molecule has 11 nitrogen and oxygen atoms in total. The van der Waals surface area contributed by atoms with Crippen LogP contribution >= 0.6 is 12.6 Å². The Balaban J connectivity index is 0.958. The van der Waals surface area contributed by atoms with Crippen LogP contribution in [0.4, 0.5) is 28.4 Å². The molecule has 4 aliphatic rings. The fraction of sp³-hybridized carbons (Fsp3) is 0.292. The van der Waals surface area contributed by atoms with Gasteiger partial charge in [-0.05, 0) is 90.0 Å². The molecule has 9 rings (SSSR count).